The number of benzene rings is 1. The molecule has 1 aliphatic heterocycles. The first kappa shape index (κ1) is 15.4. The highest BCUT2D eigenvalue weighted by Gasteiger charge is 2.33. The topological polar surface area (TPSA) is 63.4 Å². The average Bonchev–Trinajstić information content (AvgIpc) is 2.38. The van der Waals surface area contributed by atoms with Crippen molar-refractivity contribution in [2.45, 2.75) is 25.2 Å². The van der Waals surface area contributed by atoms with E-state index in [0.29, 0.717) is 31.1 Å². The van der Waals surface area contributed by atoms with E-state index in [0.717, 1.165) is 6.42 Å². The third kappa shape index (κ3) is 2.87. The lowest BCUT2D eigenvalue weighted by Crippen LogP contribution is -2.45. The van der Waals surface area contributed by atoms with Gasteiger partial charge < -0.3 is 5.73 Å². The summed E-state index contributed by atoms with van der Waals surface area (Å²) in [6.45, 7) is 5.14. The summed E-state index contributed by atoms with van der Waals surface area (Å²) in [5.74, 6) is 0.189. The van der Waals surface area contributed by atoms with Crippen LogP contribution in [0.3, 0.4) is 0 Å². The quantitative estimate of drug-likeness (QED) is 0.925. The molecule has 0 aliphatic carbocycles. The second kappa shape index (κ2) is 5.79. The van der Waals surface area contributed by atoms with Crippen LogP contribution < -0.4 is 5.73 Å². The molecule has 0 aromatic heterocycles. The number of rotatable bonds is 3. The van der Waals surface area contributed by atoms with Crippen molar-refractivity contribution in [3.8, 4) is 0 Å². The number of aryl methyl sites for hydroxylation is 1. The molecule has 2 atom stereocenters. The monoisotopic (exact) mass is 300 g/mol. The summed E-state index contributed by atoms with van der Waals surface area (Å²) >= 11 is 0. The predicted octanol–water partition coefficient (Wildman–Crippen LogP) is 1.74. The number of hydrogen-bond acceptors (Lipinski definition) is 3. The number of hydrogen-bond donors (Lipinski definition) is 1. The Kier molecular flexibility index (Phi) is 4.46. The predicted molar refractivity (Wildman–Crippen MR) is 76.2 cm³/mol. The van der Waals surface area contributed by atoms with Gasteiger partial charge in [0.15, 0.2) is 0 Å². The third-order valence-corrected chi connectivity index (χ3v) is 6.16. The highest BCUT2D eigenvalue weighted by Crippen LogP contribution is 2.28. The summed E-state index contributed by atoms with van der Waals surface area (Å²) in [6, 6.07) is 3.78. The standard InChI is InChI=1S/C14H21FN2O2S/c1-10-5-6-17(9-12(10)8-16)20(18,19)14-4-3-13(15)7-11(14)2/h3-4,7,10,12H,5-6,8-9,16H2,1-2H3. The molecular formula is C14H21FN2O2S. The maximum Gasteiger partial charge on any atom is 0.243 e. The van der Waals surface area contributed by atoms with E-state index >= 15 is 0 Å². The fourth-order valence-electron chi connectivity index (χ4n) is 2.68. The molecule has 1 saturated heterocycles. The molecule has 0 amide bonds. The first-order valence-electron chi connectivity index (χ1n) is 6.82. The van der Waals surface area contributed by atoms with Crippen LogP contribution in [0.5, 0.6) is 0 Å². The van der Waals surface area contributed by atoms with Crippen molar-refractivity contribution in [1.82, 2.24) is 4.31 Å². The maximum atomic E-state index is 13.1. The number of piperidine rings is 1. The van der Waals surface area contributed by atoms with E-state index in [4.69, 9.17) is 5.73 Å². The molecule has 2 rings (SSSR count). The summed E-state index contributed by atoms with van der Waals surface area (Å²) in [4.78, 5) is 0.184. The van der Waals surface area contributed by atoms with Crippen LogP contribution in [0.25, 0.3) is 0 Å². The highest BCUT2D eigenvalue weighted by atomic mass is 32.2. The van der Waals surface area contributed by atoms with Crippen LogP contribution in [-0.2, 0) is 10.0 Å². The lowest BCUT2D eigenvalue weighted by Gasteiger charge is -2.35. The molecule has 2 N–H and O–H groups in total. The number of sulfonamides is 1. The molecule has 0 radical (unpaired) electrons. The van der Waals surface area contributed by atoms with Crippen LogP contribution in [0.2, 0.25) is 0 Å². The molecule has 0 bridgehead atoms. The van der Waals surface area contributed by atoms with Crippen molar-refractivity contribution in [3.05, 3.63) is 29.6 Å². The Bertz CT molecular complexity index is 589. The zero-order valence-corrected chi connectivity index (χ0v) is 12.7. The molecule has 2 unspecified atom stereocenters. The molecule has 1 aliphatic rings. The van der Waals surface area contributed by atoms with Gasteiger partial charge in [-0.25, -0.2) is 12.8 Å². The normalized spacial score (nSPS) is 24.8. The van der Waals surface area contributed by atoms with Gasteiger partial charge in [0.2, 0.25) is 10.0 Å². The van der Waals surface area contributed by atoms with Gasteiger partial charge in [0.1, 0.15) is 5.82 Å². The van der Waals surface area contributed by atoms with Crippen molar-refractivity contribution >= 4 is 10.0 Å². The smallest absolute Gasteiger partial charge is 0.243 e. The van der Waals surface area contributed by atoms with Gasteiger partial charge in [-0.1, -0.05) is 6.92 Å². The van der Waals surface area contributed by atoms with Gasteiger partial charge in [-0.3, -0.25) is 0 Å². The van der Waals surface area contributed by atoms with Gasteiger partial charge in [-0.15, -0.1) is 0 Å². The summed E-state index contributed by atoms with van der Waals surface area (Å²) in [7, 11) is -3.56. The second-order valence-electron chi connectivity index (χ2n) is 5.53. The molecular weight excluding hydrogens is 279 g/mol. The van der Waals surface area contributed by atoms with E-state index in [1.165, 1.54) is 22.5 Å². The molecule has 1 heterocycles. The Hall–Kier alpha value is -0.980. The lowest BCUT2D eigenvalue weighted by molar-refractivity contribution is 0.203. The molecule has 1 fully saturated rings. The van der Waals surface area contributed by atoms with Crippen molar-refractivity contribution < 1.29 is 12.8 Å². The van der Waals surface area contributed by atoms with Crippen molar-refractivity contribution in [2.24, 2.45) is 17.6 Å². The Morgan fingerprint density at radius 3 is 2.75 bits per heavy atom. The van der Waals surface area contributed by atoms with Crippen LogP contribution in [-0.4, -0.2) is 32.4 Å². The van der Waals surface area contributed by atoms with Gasteiger partial charge in [-0.05, 0) is 55.5 Å². The van der Waals surface area contributed by atoms with Crippen LogP contribution in [0.15, 0.2) is 23.1 Å². The fraction of sp³-hybridized carbons (Fsp3) is 0.571. The van der Waals surface area contributed by atoms with Crippen molar-refractivity contribution in [1.29, 1.82) is 0 Å². The molecule has 112 valence electrons. The number of nitrogens with two attached hydrogens (primary N) is 1. The van der Waals surface area contributed by atoms with Crippen LogP contribution in [0.1, 0.15) is 18.9 Å². The van der Waals surface area contributed by atoms with Gasteiger partial charge in [0.05, 0.1) is 4.90 Å². The van der Waals surface area contributed by atoms with Gasteiger partial charge in [0.25, 0.3) is 0 Å². The van der Waals surface area contributed by atoms with E-state index in [-0.39, 0.29) is 10.8 Å². The lowest BCUT2D eigenvalue weighted by atomic mass is 9.88. The van der Waals surface area contributed by atoms with Crippen LogP contribution in [0, 0.1) is 24.6 Å². The van der Waals surface area contributed by atoms with E-state index < -0.39 is 15.8 Å². The highest BCUT2D eigenvalue weighted by molar-refractivity contribution is 7.89. The SMILES string of the molecule is Cc1cc(F)ccc1S(=O)(=O)N1CCC(C)C(CN)C1. The molecule has 20 heavy (non-hydrogen) atoms. The minimum atomic E-state index is -3.56. The summed E-state index contributed by atoms with van der Waals surface area (Å²) in [5, 5.41) is 0. The van der Waals surface area contributed by atoms with Gasteiger partial charge in [-0.2, -0.15) is 4.31 Å². The van der Waals surface area contributed by atoms with Gasteiger partial charge >= 0.3 is 0 Å². The van der Waals surface area contributed by atoms with Gasteiger partial charge in [0, 0.05) is 13.1 Å². The van der Waals surface area contributed by atoms with E-state index in [9.17, 15) is 12.8 Å². The number of halogens is 1. The second-order valence-corrected chi connectivity index (χ2v) is 7.44. The molecule has 1 aromatic carbocycles. The number of nitrogens with zero attached hydrogens (tertiary/aromatic N) is 1. The molecule has 1 aromatic rings. The first-order chi connectivity index (χ1) is 9.36. The maximum absolute atomic E-state index is 13.1. The molecule has 4 nitrogen and oxygen atoms in total. The Morgan fingerprint density at radius 2 is 2.15 bits per heavy atom. The minimum absolute atomic E-state index is 0.180. The minimum Gasteiger partial charge on any atom is -0.330 e. The van der Waals surface area contributed by atoms with E-state index in [1.54, 1.807) is 6.92 Å². The Morgan fingerprint density at radius 1 is 1.45 bits per heavy atom. The average molecular weight is 300 g/mol. The Labute approximate surface area is 119 Å². The first-order valence-corrected chi connectivity index (χ1v) is 8.26. The van der Waals surface area contributed by atoms with Crippen molar-refractivity contribution in [3.63, 3.8) is 0 Å². The zero-order valence-electron chi connectivity index (χ0n) is 11.8. The largest absolute Gasteiger partial charge is 0.330 e. The summed E-state index contributed by atoms with van der Waals surface area (Å²) in [6.07, 6.45) is 0.807. The summed E-state index contributed by atoms with van der Waals surface area (Å²) < 4.78 is 39.9. The van der Waals surface area contributed by atoms with E-state index in [2.05, 4.69) is 6.92 Å². The molecule has 0 spiro atoms. The fourth-order valence-corrected chi connectivity index (χ4v) is 4.40. The zero-order chi connectivity index (χ0) is 14.9. The van der Waals surface area contributed by atoms with E-state index in [1.807, 2.05) is 0 Å². The summed E-state index contributed by atoms with van der Waals surface area (Å²) in [5.41, 5.74) is 6.15. The van der Waals surface area contributed by atoms with Crippen molar-refractivity contribution in [2.75, 3.05) is 19.6 Å². The molecule has 6 heteroatoms. The molecule has 0 saturated carbocycles. The van der Waals surface area contributed by atoms with Crippen LogP contribution >= 0.6 is 0 Å². The third-order valence-electron chi connectivity index (χ3n) is 4.13. The Balaban J connectivity index is 2.31. The van der Waals surface area contributed by atoms with Crippen LogP contribution in [0.4, 0.5) is 4.39 Å².